The molecule has 10 nitrogen and oxygen atoms in total. The summed E-state index contributed by atoms with van der Waals surface area (Å²) in [5.74, 6) is 0.828. The van der Waals surface area contributed by atoms with Crippen LogP contribution in [0, 0.1) is 0 Å². The zero-order chi connectivity index (χ0) is 16.4. The quantitative estimate of drug-likeness (QED) is 0.188. The topological polar surface area (TPSA) is 135 Å². The summed E-state index contributed by atoms with van der Waals surface area (Å²) >= 11 is 3.47. The molecule has 5 N–H and O–H groups in total. The van der Waals surface area contributed by atoms with Crippen LogP contribution in [-0.4, -0.2) is 63.8 Å². The first-order valence-corrected chi connectivity index (χ1v) is 10.2. The maximum atomic E-state index is 10.6. The Hall–Kier alpha value is -0.745. The third-order valence-corrected chi connectivity index (χ3v) is 6.14. The molecule has 2 fully saturated rings. The Bertz CT molecular complexity index is 644. The van der Waals surface area contributed by atoms with Gasteiger partial charge in [0.2, 0.25) is 0 Å². The van der Waals surface area contributed by atoms with Crippen LogP contribution in [0.15, 0.2) is 6.33 Å². The number of halogens is 1. The summed E-state index contributed by atoms with van der Waals surface area (Å²) < 4.78 is 16.7. The second kappa shape index (κ2) is 5.38. The molecule has 4 heterocycles. The van der Waals surface area contributed by atoms with Crippen LogP contribution in [0.25, 0.3) is 0 Å². The van der Waals surface area contributed by atoms with E-state index in [1.54, 1.807) is 4.90 Å². The number of aliphatic hydroxyl groups excluding tert-OH is 1. The molecule has 0 aliphatic carbocycles. The van der Waals surface area contributed by atoms with Gasteiger partial charge in [-0.25, -0.2) is 0 Å². The summed E-state index contributed by atoms with van der Waals surface area (Å²) in [4.78, 5) is 19.9. The van der Waals surface area contributed by atoms with Crippen molar-refractivity contribution in [3.8, 4) is 0 Å². The fourth-order valence-electron chi connectivity index (χ4n) is 3.02. The first kappa shape index (κ1) is 15.8. The third-order valence-electron chi connectivity index (χ3n) is 4.06. The monoisotopic (exact) mass is 407 g/mol. The summed E-state index contributed by atoms with van der Waals surface area (Å²) in [5.41, 5.74) is 6.41. The average Bonchev–Trinajstić information content (AvgIpc) is 2.97. The normalized spacial score (nSPS) is 39.4. The molecule has 0 bridgehead atoms. The maximum absolute atomic E-state index is 10.6. The molecule has 2 saturated heterocycles. The van der Waals surface area contributed by atoms with Crippen molar-refractivity contribution in [3.05, 3.63) is 6.33 Å². The van der Waals surface area contributed by atoms with Crippen LogP contribution in [0.1, 0.15) is 0 Å². The summed E-state index contributed by atoms with van der Waals surface area (Å²) in [5, 5.41) is 13.3. The van der Waals surface area contributed by atoms with Gasteiger partial charge in [0, 0.05) is 0 Å². The van der Waals surface area contributed by atoms with Crippen molar-refractivity contribution in [2.24, 2.45) is 0 Å². The van der Waals surface area contributed by atoms with Crippen molar-refractivity contribution in [1.82, 2.24) is 9.97 Å². The van der Waals surface area contributed by atoms with E-state index < -0.39 is 32.4 Å². The van der Waals surface area contributed by atoms with Gasteiger partial charge >= 0.3 is 141 Å². The number of anilines is 3. The van der Waals surface area contributed by atoms with E-state index >= 15 is 0 Å². The van der Waals surface area contributed by atoms with Crippen LogP contribution >= 0.6 is 23.8 Å². The number of rotatable bonds is 1. The Morgan fingerprint density at radius 2 is 2.30 bits per heavy atom. The molecule has 0 saturated carbocycles. The van der Waals surface area contributed by atoms with E-state index in [0.717, 1.165) is 0 Å². The Balaban J connectivity index is 1.64. The fraction of sp³-hybridized carbons (Fsp3) is 0.600. The third kappa shape index (κ3) is 2.49. The summed E-state index contributed by atoms with van der Waals surface area (Å²) in [6.07, 6.45) is -1.49. The number of alkyl halides is 1. The van der Waals surface area contributed by atoms with Crippen LogP contribution in [-0.2, 0) is 13.8 Å². The van der Waals surface area contributed by atoms with Gasteiger partial charge in [-0.05, 0) is 0 Å². The Kier molecular flexibility index (Phi) is 3.69. The summed E-state index contributed by atoms with van der Waals surface area (Å²) in [6, 6.07) is 0. The predicted molar refractivity (Wildman–Crippen MR) is 89.8 cm³/mol. The van der Waals surface area contributed by atoms with Crippen molar-refractivity contribution in [3.63, 3.8) is 0 Å². The van der Waals surface area contributed by atoms with Crippen LogP contribution in [0.5, 0.6) is 0 Å². The molecule has 4 rings (SSSR count). The van der Waals surface area contributed by atoms with Crippen molar-refractivity contribution < 1.29 is 23.8 Å². The van der Waals surface area contributed by atoms with Crippen molar-refractivity contribution in [1.29, 1.82) is 0 Å². The average molecular weight is 408 g/mol. The molecule has 4 unspecified atom stereocenters. The van der Waals surface area contributed by atoms with Crippen molar-refractivity contribution in [2.75, 3.05) is 22.6 Å². The zero-order valence-electron chi connectivity index (χ0n) is 12.1. The Labute approximate surface area is 141 Å². The van der Waals surface area contributed by atoms with E-state index in [9.17, 15) is 10.00 Å². The number of aromatic nitrogens is 2. The van der Waals surface area contributed by atoms with Gasteiger partial charge in [-0.2, -0.15) is 0 Å². The molecule has 126 valence electrons. The number of hydrogen-bond acceptors (Lipinski definition) is 10. The fourth-order valence-corrected chi connectivity index (χ4v) is 5.02. The van der Waals surface area contributed by atoms with E-state index in [-0.39, 0.29) is 11.7 Å². The van der Waals surface area contributed by atoms with Gasteiger partial charge in [0.25, 0.3) is 0 Å². The molecule has 0 aromatic carbocycles. The molecule has 3 aliphatic heterocycles. The van der Waals surface area contributed by atoms with Crippen molar-refractivity contribution in [2.45, 2.75) is 29.6 Å². The number of ether oxygens (including phenoxy) is 1. The molecule has 0 spiro atoms. The van der Waals surface area contributed by atoms with E-state index in [0.29, 0.717) is 17.3 Å². The Morgan fingerprint density at radius 3 is 3.09 bits per heavy atom. The SMILES string of the molecule is B[PH]1(O)OCC2OC(N3c4ncnc(N)c4NC3Br)C(O)[C@@H]2O1. The van der Waals surface area contributed by atoms with Crippen LogP contribution in [0.3, 0.4) is 0 Å². The Morgan fingerprint density at radius 1 is 1.52 bits per heavy atom. The van der Waals surface area contributed by atoms with E-state index in [4.69, 9.17) is 19.5 Å². The first-order chi connectivity index (χ1) is 10.9. The molecule has 1 aromatic heterocycles. The van der Waals surface area contributed by atoms with E-state index in [1.165, 1.54) is 13.9 Å². The minimum atomic E-state index is -3.22. The predicted octanol–water partition coefficient (Wildman–Crippen LogP) is -1.49. The minimum absolute atomic E-state index is 0.171. The zero-order valence-corrected chi connectivity index (χ0v) is 14.7. The van der Waals surface area contributed by atoms with Gasteiger partial charge < -0.3 is 0 Å². The van der Waals surface area contributed by atoms with Gasteiger partial charge in [-0.1, -0.05) is 0 Å². The second-order valence-corrected chi connectivity index (χ2v) is 8.88. The number of fused-ring (bicyclic) bond motifs is 2. The second-order valence-electron chi connectivity index (χ2n) is 5.69. The molecule has 0 radical (unpaired) electrons. The van der Waals surface area contributed by atoms with E-state index in [1.807, 2.05) is 0 Å². The first-order valence-electron chi connectivity index (χ1n) is 7.04. The van der Waals surface area contributed by atoms with Gasteiger partial charge in [0.1, 0.15) is 0 Å². The van der Waals surface area contributed by atoms with Crippen LogP contribution in [0.4, 0.5) is 17.3 Å². The number of hydrogen-bond donors (Lipinski definition) is 4. The molecule has 3 aliphatic rings. The summed E-state index contributed by atoms with van der Waals surface area (Å²) in [6.45, 7) is 0.171. The van der Waals surface area contributed by atoms with Crippen LogP contribution < -0.4 is 16.0 Å². The molecule has 0 amide bonds. The number of aliphatic hydroxyl groups is 1. The van der Waals surface area contributed by atoms with Gasteiger partial charge in [0.15, 0.2) is 0 Å². The molecule has 23 heavy (non-hydrogen) atoms. The summed E-state index contributed by atoms with van der Waals surface area (Å²) in [7, 11) is -1.71. The molecule has 5 atom stereocenters. The molecular formula is C10H16BBrN5O5P. The number of nitrogens with one attached hydrogen (secondary N) is 1. The molecule has 13 heteroatoms. The number of nitrogen functional groups attached to an aromatic ring is 1. The van der Waals surface area contributed by atoms with Crippen LogP contribution in [0.2, 0.25) is 0 Å². The van der Waals surface area contributed by atoms with Crippen molar-refractivity contribution >= 4 is 48.6 Å². The standard InChI is InChI=1S/C10H16BBrN5O5P/c11-23(19)20-1-3-6(22-23)5(18)9(21-3)17-8-4(16-10(17)12)7(13)14-2-15-8/h2-3,5-6,9-10,16,18-19,23H,1,11H2,(H2,13,14,15)/t3?,5?,6-,9?,10?/m1/s1. The van der Waals surface area contributed by atoms with Gasteiger partial charge in [-0.3, -0.25) is 0 Å². The van der Waals surface area contributed by atoms with Gasteiger partial charge in [0.05, 0.1) is 0 Å². The number of nitrogens with zero attached hydrogens (tertiary/aromatic N) is 3. The van der Waals surface area contributed by atoms with Gasteiger partial charge in [-0.15, -0.1) is 0 Å². The van der Waals surface area contributed by atoms with E-state index in [2.05, 4.69) is 31.2 Å². The molecular weight excluding hydrogens is 392 g/mol. The molecule has 1 aromatic rings. The number of nitrogens with two attached hydrogens (primary N) is 1.